The predicted molar refractivity (Wildman–Crippen MR) is 119 cm³/mol. The minimum Gasteiger partial charge on any atom is -0.414 e. The number of aliphatic hydroxyl groups is 1. The maximum atomic E-state index is 12.2. The van der Waals surface area contributed by atoms with Crippen molar-refractivity contribution in [3.8, 4) is 0 Å². The van der Waals surface area contributed by atoms with Gasteiger partial charge in [-0.3, -0.25) is 14.3 Å². The summed E-state index contributed by atoms with van der Waals surface area (Å²) in [6.45, 7) is 18.6. The van der Waals surface area contributed by atoms with Crippen LogP contribution >= 0.6 is 0 Å². The highest BCUT2D eigenvalue weighted by molar-refractivity contribution is 6.74. The fourth-order valence-corrected chi connectivity index (χ4v) is 4.71. The Bertz CT molecular complexity index is 1020. The van der Waals surface area contributed by atoms with Crippen LogP contribution in [0.3, 0.4) is 0 Å². The van der Waals surface area contributed by atoms with Crippen molar-refractivity contribution in [2.75, 3.05) is 12.3 Å². The number of H-pyrrole nitrogens is 1. The summed E-state index contributed by atoms with van der Waals surface area (Å²) in [6, 6.07) is 0. The molecule has 168 valence electrons. The van der Waals surface area contributed by atoms with Gasteiger partial charge in [-0.2, -0.15) is 4.98 Å². The quantitative estimate of drug-likeness (QED) is 0.627. The van der Waals surface area contributed by atoms with Crippen LogP contribution in [0.5, 0.6) is 0 Å². The molecular formula is C20H35N5O4Si. The third kappa shape index (κ3) is 3.12. The van der Waals surface area contributed by atoms with Gasteiger partial charge in [-0.1, -0.05) is 34.6 Å². The fraction of sp³-hybridized carbons (Fsp3) is 0.750. The van der Waals surface area contributed by atoms with E-state index in [0.29, 0.717) is 5.65 Å². The van der Waals surface area contributed by atoms with Crippen LogP contribution in [0.1, 0.15) is 48.5 Å². The molecule has 3 rings (SSSR count). The number of ether oxygens (including phenoxy) is 1. The van der Waals surface area contributed by atoms with Gasteiger partial charge in [0.1, 0.15) is 6.10 Å². The van der Waals surface area contributed by atoms with Gasteiger partial charge in [0.2, 0.25) is 5.95 Å². The van der Waals surface area contributed by atoms with Crippen molar-refractivity contribution in [1.29, 1.82) is 0 Å². The number of aromatic nitrogens is 4. The third-order valence-electron chi connectivity index (χ3n) is 7.71. The van der Waals surface area contributed by atoms with Gasteiger partial charge in [0, 0.05) is 5.41 Å². The summed E-state index contributed by atoms with van der Waals surface area (Å²) in [6.07, 6.45) is 0.935. The minimum absolute atomic E-state index is 0.00165. The van der Waals surface area contributed by atoms with E-state index in [1.807, 2.05) is 20.8 Å². The topological polar surface area (TPSA) is 128 Å². The van der Waals surface area contributed by atoms with E-state index < -0.39 is 36.7 Å². The molecule has 30 heavy (non-hydrogen) atoms. The van der Waals surface area contributed by atoms with E-state index in [2.05, 4.69) is 48.8 Å². The van der Waals surface area contributed by atoms with Crippen molar-refractivity contribution in [2.24, 2.45) is 5.41 Å². The number of anilines is 1. The molecule has 1 saturated heterocycles. The average Bonchev–Trinajstić information content (AvgIpc) is 3.05. The summed E-state index contributed by atoms with van der Waals surface area (Å²) in [5, 5.41) is 11.6. The molecule has 9 nitrogen and oxygen atoms in total. The van der Waals surface area contributed by atoms with Crippen molar-refractivity contribution < 1.29 is 14.3 Å². The Morgan fingerprint density at radius 1 is 1.33 bits per heavy atom. The van der Waals surface area contributed by atoms with Crippen molar-refractivity contribution >= 4 is 25.4 Å². The number of nitrogens with one attached hydrogen (secondary N) is 1. The first-order valence-corrected chi connectivity index (χ1v) is 13.1. The fourth-order valence-electron chi connectivity index (χ4n) is 3.70. The average molecular weight is 438 g/mol. The molecule has 0 spiro atoms. The van der Waals surface area contributed by atoms with Crippen LogP contribution in [-0.2, 0) is 14.9 Å². The lowest BCUT2D eigenvalue weighted by Crippen LogP contribution is -2.53. The Balaban J connectivity index is 2.04. The lowest BCUT2D eigenvalue weighted by molar-refractivity contribution is -0.132. The molecule has 0 amide bonds. The Labute approximate surface area is 178 Å². The van der Waals surface area contributed by atoms with Crippen LogP contribution in [0.15, 0.2) is 11.1 Å². The summed E-state index contributed by atoms with van der Waals surface area (Å²) >= 11 is 0. The zero-order valence-electron chi connectivity index (χ0n) is 19.5. The summed E-state index contributed by atoms with van der Waals surface area (Å²) < 4.78 is 14.6. The highest BCUT2D eigenvalue weighted by atomic mass is 28.4. The van der Waals surface area contributed by atoms with Crippen LogP contribution in [0, 0.1) is 5.41 Å². The second kappa shape index (κ2) is 6.62. The van der Waals surface area contributed by atoms with Crippen LogP contribution in [0.4, 0.5) is 5.95 Å². The summed E-state index contributed by atoms with van der Waals surface area (Å²) in [7, 11) is -2.04. The van der Waals surface area contributed by atoms with Crippen LogP contribution in [0.2, 0.25) is 18.1 Å². The number of nitrogens with zero attached hydrogens (tertiary/aromatic N) is 3. The number of nitrogens with two attached hydrogens (primary N) is 1. The van der Waals surface area contributed by atoms with Crippen molar-refractivity contribution in [3.05, 3.63) is 16.7 Å². The van der Waals surface area contributed by atoms with E-state index in [9.17, 15) is 9.90 Å². The minimum atomic E-state index is -2.04. The Morgan fingerprint density at radius 2 is 1.93 bits per heavy atom. The first kappa shape index (κ1) is 22.9. The summed E-state index contributed by atoms with van der Waals surface area (Å²) in [4.78, 5) is 23.2. The van der Waals surface area contributed by atoms with E-state index in [0.717, 1.165) is 0 Å². The van der Waals surface area contributed by atoms with Gasteiger partial charge in [0.25, 0.3) is 5.56 Å². The van der Waals surface area contributed by atoms with Gasteiger partial charge in [-0.25, -0.2) is 4.98 Å². The van der Waals surface area contributed by atoms with Gasteiger partial charge in [0.15, 0.2) is 25.2 Å². The predicted octanol–water partition coefficient (Wildman–Crippen LogP) is 2.57. The standard InChI is InChI=1S/C20H35N5O4Si/c1-17(2,3)30(8,9)28-10-12-19(6,27)18(4,5)20(7,29-12)25-11-22-13-14(25)23-16(21)24-15(13)26/h11-12,27H,10H2,1-9H3,(H3,21,23,24,26)/t12-,19-,20-/m1/s1. The molecule has 0 aliphatic carbocycles. The zero-order chi connectivity index (χ0) is 22.9. The molecule has 0 radical (unpaired) electrons. The van der Waals surface area contributed by atoms with Gasteiger partial charge in [0.05, 0.1) is 18.5 Å². The molecule has 1 fully saturated rings. The van der Waals surface area contributed by atoms with Gasteiger partial charge < -0.3 is 20.0 Å². The molecule has 2 aromatic rings. The largest absolute Gasteiger partial charge is 0.414 e. The normalized spacial score (nSPS) is 29.6. The highest BCUT2D eigenvalue weighted by Crippen LogP contribution is 2.56. The van der Waals surface area contributed by atoms with Crippen LogP contribution < -0.4 is 11.3 Å². The molecule has 2 aromatic heterocycles. The smallest absolute Gasteiger partial charge is 0.280 e. The Morgan fingerprint density at radius 3 is 2.50 bits per heavy atom. The first-order valence-electron chi connectivity index (χ1n) is 10.2. The molecule has 3 atom stereocenters. The van der Waals surface area contributed by atoms with E-state index >= 15 is 0 Å². The number of hydrogen-bond acceptors (Lipinski definition) is 7. The second-order valence-electron chi connectivity index (χ2n) is 10.7. The summed E-state index contributed by atoms with van der Waals surface area (Å²) in [5.41, 5.74) is 2.81. The Kier molecular flexibility index (Phi) is 5.06. The number of aromatic amines is 1. The van der Waals surface area contributed by atoms with E-state index in [1.54, 1.807) is 11.5 Å². The van der Waals surface area contributed by atoms with Crippen LogP contribution in [-0.4, -0.2) is 51.3 Å². The molecule has 1 aliphatic rings. The van der Waals surface area contributed by atoms with E-state index in [4.69, 9.17) is 14.9 Å². The maximum absolute atomic E-state index is 12.2. The zero-order valence-corrected chi connectivity index (χ0v) is 20.5. The molecular weight excluding hydrogens is 402 g/mol. The van der Waals surface area contributed by atoms with E-state index in [-0.39, 0.29) is 23.1 Å². The lowest BCUT2D eigenvalue weighted by atomic mass is 9.69. The number of fused-ring (bicyclic) bond motifs is 1. The highest BCUT2D eigenvalue weighted by Gasteiger charge is 2.66. The van der Waals surface area contributed by atoms with Crippen molar-refractivity contribution in [3.63, 3.8) is 0 Å². The molecule has 4 N–H and O–H groups in total. The van der Waals surface area contributed by atoms with Gasteiger partial charge in [-0.15, -0.1) is 0 Å². The van der Waals surface area contributed by atoms with Crippen LogP contribution in [0.25, 0.3) is 11.2 Å². The number of hydrogen-bond donors (Lipinski definition) is 3. The molecule has 0 bridgehead atoms. The molecule has 3 heterocycles. The molecule has 10 heteroatoms. The van der Waals surface area contributed by atoms with Crippen molar-refractivity contribution in [2.45, 2.75) is 84.0 Å². The van der Waals surface area contributed by atoms with Gasteiger partial charge >= 0.3 is 0 Å². The molecule has 0 aromatic carbocycles. The maximum Gasteiger partial charge on any atom is 0.280 e. The monoisotopic (exact) mass is 437 g/mol. The summed E-state index contributed by atoms with van der Waals surface area (Å²) in [5.74, 6) is -0.00165. The number of rotatable bonds is 4. The van der Waals surface area contributed by atoms with Crippen molar-refractivity contribution in [1.82, 2.24) is 19.5 Å². The third-order valence-corrected chi connectivity index (χ3v) is 12.2. The van der Waals surface area contributed by atoms with E-state index in [1.165, 1.54) is 6.33 Å². The SMILES string of the molecule is CC1(C)[C@](C)(n2cnc3c(=O)[nH]c(N)nc32)O[C@H](CO[Si](C)(C)C(C)(C)C)[C@@]1(C)O. The second-order valence-corrected chi connectivity index (χ2v) is 15.5. The molecule has 0 saturated carbocycles. The first-order chi connectivity index (χ1) is 13.5. The molecule has 1 aliphatic heterocycles. The number of nitrogen functional groups attached to an aromatic ring is 1. The van der Waals surface area contributed by atoms with Gasteiger partial charge in [-0.05, 0) is 32.0 Å². The Hall–Kier alpha value is -1.75. The lowest BCUT2D eigenvalue weighted by Gasteiger charge is -2.43. The number of imidazole rings is 1. The molecule has 0 unspecified atom stereocenters.